The van der Waals surface area contributed by atoms with Crippen LogP contribution in [0.3, 0.4) is 0 Å². The summed E-state index contributed by atoms with van der Waals surface area (Å²) in [7, 11) is 0. The lowest BCUT2D eigenvalue weighted by Gasteiger charge is -2.33. The molecule has 66 heavy (non-hydrogen) atoms. The topological polar surface area (TPSA) is 52.5 Å². The molecule has 3 unspecified atom stereocenters. The van der Waals surface area contributed by atoms with Crippen LogP contribution in [-0.2, 0) is 0 Å². The van der Waals surface area contributed by atoms with Gasteiger partial charge < -0.3 is 4.57 Å². The first kappa shape index (κ1) is 42.1. The summed E-state index contributed by atoms with van der Waals surface area (Å²) in [6.45, 7) is 10.7. The predicted molar refractivity (Wildman–Crippen MR) is 265 cm³/mol. The normalized spacial score (nSPS) is 14.0. The van der Waals surface area contributed by atoms with E-state index in [2.05, 4.69) is 136 Å². The Labute approximate surface area is 385 Å². The van der Waals surface area contributed by atoms with Crippen LogP contribution in [0.15, 0.2) is 175 Å². The van der Waals surface area contributed by atoms with Gasteiger partial charge in [-0.05, 0) is 150 Å². The van der Waals surface area contributed by atoms with Gasteiger partial charge in [0.15, 0.2) is 0 Å². The second-order valence-electron chi connectivity index (χ2n) is 17.9. The van der Waals surface area contributed by atoms with E-state index in [9.17, 15) is 19.3 Å². The van der Waals surface area contributed by atoms with E-state index >= 15 is 0 Å². The molecule has 0 saturated carbocycles. The molecule has 0 saturated heterocycles. The van der Waals surface area contributed by atoms with Crippen LogP contribution in [0.2, 0.25) is 0 Å². The molecule has 1 aromatic heterocycles. The molecule has 0 amide bonds. The lowest BCUT2D eigenvalue weighted by atomic mass is 9.69. The Balaban J connectivity index is 1.38. The van der Waals surface area contributed by atoms with Crippen molar-refractivity contribution >= 4 is 27.4 Å². The molecule has 3 atom stereocenters. The first-order chi connectivity index (χ1) is 32.0. The number of fused-ring (bicyclic) bond motifs is 6. The summed E-state index contributed by atoms with van der Waals surface area (Å²) in [4.78, 5) is 0. The van der Waals surface area contributed by atoms with Crippen molar-refractivity contribution in [3.8, 4) is 45.5 Å². The second kappa shape index (κ2) is 16.9. The second-order valence-corrected chi connectivity index (χ2v) is 17.9. The Morgan fingerprint density at radius 3 is 1.52 bits per heavy atom. The van der Waals surface area contributed by atoms with Crippen LogP contribution in [0.25, 0.3) is 60.8 Å². The average molecular weight is 860 g/mol. The molecule has 0 radical (unpaired) electrons. The Kier molecular flexibility index (Phi) is 10.8. The Bertz CT molecular complexity index is 3380. The van der Waals surface area contributed by atoms with Crippen LogP contribution in [0.4, 0.5) is 8.78 Å². The fourth-order valence-electron chi connectivity index (χ4n) is 10.7. The van der Waals surface area contributed by atoms with Gasteiger partial charge in [0.2, 0.25) is 0 Å². The molecular formula is C61H47F2N3. The van der Waals surface area contributed by atoms with Crippen LogP contribution in [-0.4, -0.2) is 4.57 Å². The highest BCUT2D eigenvalue weighted by Crippen LogP contribution is 2.56. The number of hydrogen-bond donors (Lipinski definition) is 0. The van der Waals surface area contributed by atoms with Gasteiger partial charge in [-0.15, -0.1) is 0 Å². The summed E-state index contributed by atoms with van der Waals surface area (Å²) in [5, 5.41) is 26.1. The van der Waals surface area contributed by atoms with E-state index in [1.165, 1.54) is 24.3 Å². The summed E-state index contributed by atoms with van der Waals surface area (Å²) < 4.78 is 31.5. The first-order valence-electron chi connectivity index (χ1n) is 22.5. The molecule has 1 aliphatic carbocycles. The van der Waals surface area contributed by atoms with E-state index in [1.807, 2.05) is 48.5 Å². The quantitative estimate of drug-likeness (QED) is 0.145. The summed E-state index contributed by atoms with van der Waals surface area (Å²) in [5.74, 6) is -3.09. The molecule has 0 aliphatic heterocycles. The number of benzene rings is 8. The molecule has 0 fully saturated rings. The monoisotopic (exact) mass is 859 g/mol. The third-order valence-corrected chi connectivity index (χ3v) is 13.6. The van der Waals surface area contributed by atoms with Crippen molar-refractivity contribution in [1.29, 1.82) is 10.5 Å². The fraction of sp³-hybridized carbons (Fsp3) is 0.148. The van der Waals surface area contributed by atoms with Gasteiger partial charge in [0.05, 0.1) is 30.0 Å². The zero-order chi connectivity index (χ0) is 45.8. The number of halogens is 2. The van der Waals surface area contributed by atoms with Gasteiger partial charge in [-0.25, -0.2) is 8.78 Å². The van der Waals surface area contributed by atoms with E-state index in [1.54, 1.807) is 12.1 Å². The van der Waals surface area contributed by atoms with Crippen molar-refractivity contribution < 1.29 is 8.78 Å². The van der Waals surface area contributed by atoms with Crippen molar-refractivity contribution in [3.05, 3.63) is 232 Å². The highest BCUT2D eigenvalue weighted by Gasteiger charge is 2.42. The Morgan fingerprint density at radius 2 is 0.985 bits per heavy atom. The smallest absolute Gasteiger partial charge is 0.123 e. The van der Waals surface area contributed by atoms with E-state index < -0.39 is 23.8 Å². The van der Waals surface area contributed by atoms with Crippen LogP contribution >= 0.6 is 0 Å². The van der Waals surface area contributed by atoms with E-state index in [-0.39, 0.29) is 11.6 Å². The van der Waals surface area contributed by atoms with E-state index in [0.29, 0.717) is 5.56 Å². The average Bonchev–Trinajstić information content (AvgIpc) is 3.81. The van der Waals surface area contributed by atoms with Gasteiger partial charge in [0.25, 0.3) is 0 Å². The van der Waals surface area contributed by atoms with Gasteiger partial charge in [-0.3, -0.25) is 0 Å². The number of rotatable bonds is 9. The lowest BCUT2D eigenvalue weighted by molar-refractivity contribution is 0.627. The molecule has 1 aliphatic rings. The van der Waals surface area contributed by atoms with Gasteiger partial charge in [-0.2, -0.15) is 10.5 Å². The predicted octanol–water partition coefficient (Wildman–Crippen LogP) is 15.9. The molecular weight excluding hydrogens is 813 g/mol. The van der Waals surface area contributed by atoms with Crippen LogP contribution in [0, 0.1) is 67.9 Å². The zero-order valence-electron chi connectivity index (χ0n) is 37.6. The third-order valence-electron chi connectivity index (χ3n) is 13.6. The maximum absolute atomic E-state index is 14.7. The lowest BCUT2D eigenvalue weighted by Crippen LogP contribution is -2.23. The van der Waals surface area contributed by atoms with Crippen molar-refractivity contribution in [2.24, 2.45) is 5.92 Å². The maximum Gasteiger partial charge on any atom is 0.123 e. The Morgan fingerprint density at radius 1 is 0.515 bits per heavy atom. The van der Waals surface area contributed by atoms with Crippen molar-refractivity contribution in [2.45, 2.75) is 52.5 Å². The van der Waals surface area contributed by atoms with Crippen LogP contribution < -0.4 is 0 Å². The van der Waals surface area contributed by atoms with Crippen molar-refractivity contribution in [3.63, 3.8) is 0 Å². The molecule has 3 nitrogen and oxygen atoms in total. The standard InChI is InChI=1S/C61H47F2N3/c1-36-14-26-49-51(30-36)52-31-37(2)15-27-50(52)60(49)61(56(35-65)55(34-64)47-12-8-6-10-45(47)41-18-22-43(62)23-19-41)59(48-13-9-7-11-46(48)42-20-24-44(63)25-21-42)40(5)66-57-28-16-38(3)32-53(57)54-33-39(4)17-29-58(54)66/h6-33,40,55-56,60H,1-5H3/b61-59-. The number of hydrogen-bond acceptors (Lipinski definition) is 2. The highest BCUT2D eigenvalue weighted by molar-refractivity contribution is 6.09. The minimum absolute atomic E-state index is 0.331. The first-order valence-corrected chi connectivity index (χ1v) is 22.5. The molecule has 1 heterocycles. The molecule has 0 spiro atoms. The molecule has 10 rings (SSSR count). The number of aryl methyl sites for hydroxylation is 4. The number of aromatic nitrogens is 1. The van der Waals surface area contributed by atoms with Crippen LogP contribution in [0.1, 0.15) is 69.3 Å². The molecule has 0 bridgehead atoms. The SMILES string of the molecule is Cc1ccc2c(c1)-c1cc(C)ccc1C2/C(=C(\c1ccccc1-c1ccc(F)cc1)C(C)n1c2ccc(C)cc2c2cc(C)ccc21)C(C#N)C(C#N)c1ccccc1-c1ccc(F)cc1. The highest BCUT2D eigenvalue weighted by atomic mass is 19.1. The maximum atomic E-state index is 14.7. The third kappa shape index (κ3) is 7.18. The van der Waals surface area contributed by atoms with Crippen molar-refractivity contribution in [1.82, 2.24) is 4.57 Å². The summed E-state index contributed by atoms with van der Waals surface area (Å²) in [6.07, 6.45) is 0. The number of nitriles is 2. The van der Waals surface area contributed by atoms with Crippen LogP contribution in [0.5, 0.6) is 0 Å². The van der Waals surface area contributed by atoms with Gasteiger partial charge >= 0.3 is 0 Å². The van der Waals surface area contributed by atoms with Gasteiger partial charge in [0, 0.05) is 27.7 Å². The molecule has 320 valence electrons. The Hall–Kier alpha value is -7.86. The molecule has 9 aromatic rings. The molecule has 0 N–H and O–H groups in total. The minimum Gasteiger partial charge on any atom is -0.333 e. The summed E-state index contributed by atoms with van der Waals surface area (Å²) in [5.41, 5.74) is 17.5. The summed E-state index contributed by atoms with van der Waals surface area (Å²) >= 11 is 0. The van der Waals surface area contributed by atoms with Crippen molar-refractivity contribution in [2.75, 3.05) is 0 Å². The van der Waals surface area contributed by atoms with E-state index in [0.717, 1.165) is 105 Å². The minimum atomic E-state index is -1.00. The largest absolute Gasteiger partial charge is 0.333 e. The number of nitrogens with zero attached hydrogens (tertiary/aromatic N) is 3. The zero-order valence-corrected chi connectivity index (χ0v) is 37.6. The van der Waals surface area contributed by atoms with Gasteiger partial charge in [0.1, 0.15) is 11.6 Å². The molecule has 8 aromatic carbocycles. The summed E-state index contributed by atoms with van der Waals surface area (Å²) in [6, 6.07) is 60.3. The number of allylic oxidation sites excluding steroid dienone is 2. The van der Waals surface area contributed by atoms with Gasteiger partial charge in [-0.1, -0.05) is 144 Å². The fourth-order valence-corrected chi connectivity index (χ4v) is 10.7. The van der Waals surface area contributed by atoms with E-state index in [4.69, 9.17) is 0 Å². The molecule has 5 heteroatoms.